The lowest BCUT2D eigenvalue weighted by molar-refractivity contribution is -0.302. The standard InChI is InChI=1S/C77H143NO10/c1-3-5-7-9-11-13-15-40-43-47-51-55-59-63-70(80)69(68-87-77-76(85)75(84)74(83)71(67-79)88-77)78-72(81)64-60-56-52-48-44-41-38-36-34-32-30-28-26-24-22-20-18-17-19-21-23-25-27-29-31-33-35-37-39-42-46-50-54-58-62-66-86-73(82)65-61-57-53-49-45-16-14-12-10-8-6-4-2/h12,14,19,21,25,27,59,63,69-71,74-77,79-80,83-85H,3-11,13,15-18,20,22-24,26,28-58,60-62,64-68H2,1-2H3,(H,78,81)/b14-12-,21-19-,27-25-,63-59+. The Balaban J connectivity index is 1.94. The fraction of sp³-hybridized carbons (Fsp3) is 0.870. The molecular weight excluding hydrogens is 1100 g/mol. The third kappa shape index (κ3) is 54.2. The highest BCUT2D eigenvalue weighted by Gasteiger charge is 2.44. The maximum atomic E-state index is 13.1. The molecule has 0 aliphatic carbocycles. The Morgan fingerprint density at radius 2 is 0.761 bits per heavy atom. The smallest absolute Gasteiger partial charge is 0.305 e. The lowest BCUT2D eigenvalue weighted by Gasteiger charge is -2.40. The van der Waals surface area contributed by atoms with E-state index in [0.717, 1.165) is 64.2 Å². The van der Waals surface area contributed by atoms with Gasteiger partial charge in [0.15, 0.2) is 6.29 Å². The molecular formula is C77H143NO10. The zero-order chi connectivity index (χ0) is 63.7. The van der Waals surface area contributed by atoms with Crippen molar-refractivity contribution in [1.82, 2.24) is 5.32 Å². The number of aliphatic hydroxyl groups excluding tert-OH is 5. The van der Waals surface area contributed by atoms with Gasteiger partial charge in [-0.05, 0) is 89.9 Å². The van der Waals surface area contributed by atoms with Crippen LogP contribution in [0.2, 0.25) is 0 Å². The third-order valence-corrected chi connectivity index (χ3v) is 17.9. The predicted octanol–water partition coefficient (Wildman–Crippen LogP) is 19.9. The summed E-state index contributed by atoms with van der Waals surface area (Å²) < 4.78 is 16.7. The Morgan fingerprint density at radius 1 is 0.420 bits per heavy atom. The summed E-state index contributed by atoms with van der Waals surface area (Å²) in [7, 11) is 0. The van der Waals surface area contributed by atoms with Crippen LogP contribution in [0.25, 0.3) is 0 Å². The molecule has 1 saturated heterocycles. The number of carbonyl (C=O) groups excluding carboxylic acids is 2. The number of rotatable bonds is 67. The van der Waals surface area contributed by atoms with Gasteiger partial charge in [-0.3, -0.25) is 9.59 Å². The average Bonchev–Trinajstić information content (AvgIpc) is 3.69. The summed E-state index contributed by atoms with van der Waals surface area (Å²) in [5, 5.41) is 54.5. The first kappa shape index (κ1) is 83.6. The van der Waals surface area contributed by atoms with Crippen molar-refractivity contribution >= 4 is 11.9 Å². The molecule has 1 rings (SSSR count). The van der Waals surface area contributed by atoms with Crippen LogP contribution >= 0.6 is 0 Å². The van der Waals surface area contributed by atoms with Gasteiger partial charge in [0, 0.05) is 12.8 Å². The van der Waals surface area contributed by atoms with E-state index in [1.54, 1.807) is 6.08 Å². The highest BCUT2D eigenvalue weighted by Crippen LogP contribution is 2.23. The number of unbranched alkanes of at least 4 members (excludes halogenated alkanes) is 47. The summed E-state index contributed by atoms with van der Waals surface area (Å²) in [6.45, 7) is 4.35. The molecule has 7 atom stereocenters. The zero-order valence-corrected chi connectivity index (χ0v) is 57.4. The van der Waals surface area contributed by atoms with Crippen molar-refractivity contribution in [2.24, 2.45) is 0 Å². The van der Waals surface area contributed by atoms with Crippen LogP contribution in [0.1, 0.15) is 367 Å². The number of aliphatic hydroxyl groups is 5. The molecule has 1 aliphatic rings. The summed E-state index contributed by atoms with van der Waals surface area (Å²) in [4.78, 5) is 25.1. The maximum absolute atomic E-state index is 13.1. The van der Waals surface area contributed by atoms with Gasteiger partial charge >= 0.3 is 5.97 Å². The van der Waals surface area contributed by atoms with Crippen molar-refractivity contribution in [2.45, 2.75) is 410 Å². The van der Waals surface area contributed by atoms with Gasteiger partial charge < -0.3 is 45.1 Å². The van der Waals surface area contributed by atoms with Gasteiger partial charge in [-0.25, -0.2) is 0 Å². The molecule has 6 N–H and O–H groups in total. The van der Waals surface area contributed by atoms with Crippen molar-refractivity contribution in [1.29, 1.82) is 0 Å². The van der Waals surface area contributed by atoms with E-state index >= 15 is 0 Å². The van der Waals surface area contributed by atoms with E-state index in [2.05, 4.69) is 55.6 Å². The van der Waals surface area contributed by atoms with E-state index in [9.17, 15) is 35.1 Å². The molecule has 0 aromatic carbocycles. The van der Waals surface area contributed by atoms with E-state index in [1.807, 2.05) is 6.08 Å². The van der Waals surface area contributed by atoms with Crippen LogP contribution < -0.4 is 5.32 Å². The summed E-state index contributed by atoms with van der Waals surface area (Å²) in [6.07, 6.45) is 76.9. The van der Waals surface area contributed by atoms with Gasteiger partial charge in [0.05, 0.1) is 32.0 Å². The first-order chi connectivity index (χ1) is 43.2. The number of hydrogen-bond acceptors (Lipinski definition) is 10. The molecule has 1 heterocycles. The van der Waals surface area contributed by atoms with Crippen LogP contribution in [0.3, 0.4) is 0 Å². The van der Waals surface area contributed by atoms with Gasteiger partial charge in [-0.1, -0.05) is 313 Å². The number of amides is 1. The van der Waals surface area contributed by atoms with Gasteiger partial charge in [0.1, 0.15) is 24.4 Å². The summed E-state index contributed by atoms with van der Waals surface area (Å²) in [6, 6.07) is -0.809. The molecule has 0 aromatic rings. The van der Waals surface area contributed by atoms with Gasteiger partial charge in [0.25, 0.3) is 0 Å². The van der Waals surface area contributed by atoms with Gasteiger partial charge in [-0.15, -0.1) is 0 Å². The van der Waals surface area contributed by atoms with Crippen molar-refractivity contribution in [2.75, 3.05) is 19.8 Å². The highest BCUT2D eigenvalue weighted by molar-refractivity contribution is 5.76. The Hall–Kier alpha value is -2.38. The van der Waals surface area contributed by atoms with E-state index in [0.29, 0.717) is 19.4 Å². The highest BCUT2D eigenvalue weighted by atomic mass is 16.7. The number of nitrogens with one attached hydrogen (secondary N) is 1. The Kier molecular flexibility index (Phi) is 62.8. The molecule has 11 nitrogen and oxygen atoms in total. The molecule has 1 aliphatic heterocycles. The molecule has 0 bridgehead atoms. The van der Waals surface area contributed by atoms with Crippen LogP contribution in [-0.2, 0) is 23.8 Å². The molecule has 0 spiro atoms. The molecule has 0 aromatic heterocycles. The molecule has 0 saturated carbocycles. The van der Waals surface area contributed by atoms with E-state index < -0.39 is 49.5 Å². The molecule has 516 valence electrons. The number of esters is 1. The van der Waals surface area contributed by atoms with E-state index in [4.69, 9.17) is 14.2 Å². The van der Waals surface area contributed by atoms with Crippen molar-refractivity contribution in [3.05, 3.63) is 48.6 Å². The summed E-state index contributed by atoms with van der Waals surface area (Å²) in [5.41, 5.74) is 0. The van der Waals surface area contributed by atoms with Crippen LogP contribution in [0.5, 0.6) is 0 Å². The van der Waals surface area contributed by atoms with Crippen molar-refractivity contribution < 1.29 is 49.3 Å². The van der Waals surface area contributed by atoms with Crippen LogP contribution in [0, 0.1) is 0 Å². The van der Waals surface area contributed by atoms with Crippen molar-refractivity contribution in [3.63, 3.8) is 0 Å². The molecule has 1 amide bonds. The normalized spacial score (nSPS) is 18.0. The Morgan fingerprint density at radius 3 is 1.18 bits per heavy atom. The first-order valence-electron chi connectivity index (χ1n) is 37.9. The minimum Gasteiger partial charge on any atom is -0.466 e. The molecule has 88 heavy (non-hydrogen) atoms. The van der Waals surface area contributed by atoms with Crippen LogP contribution in [0.15, 0.2) is 48.6 Å². The van der Waals surface area contributed by atoms with E-state index in [1.165, 1.54) is 276 Å². The number of carbonyl (C=O) groups is 2. The molecule has 1 fully saturated rings. The number of ether oxygens (including phenoxy) is 3. The van der Waals surface area contributed by atoms with Crippen LogP contribution in [-0.4, -0.2) is 100 Å². The summed E-state index contributed by atoms with van der Waals surface area (Å²) >= 11 is 0. The van der Waals surface area contributed by atoms with Gasteiger partial charge in [0.2, 0.25) is 5.91 Å². The Bertz CT molecular complexity index is 1600. The average molecular weight is 1240 g/mol. The van der Waals surface area contributed by atoms with E-state index in [-0.39, 0.29) is 18.5 Å². The SMILES string of the molecule is CCCCC/C=C\CCCCCCCC(=O)OCCCCCCCCCCCCC/C=C\C/C=C\CCCCCCCCCCCCCCCCCCCC(=O)NC(COC1OC(CO)C(O)C(O)C1O)C(O)/C=C/CCCCCCCCCCCCC. The summed E-state index contributed by atoms with van der Waals surface area (Å²) in [5.74, 6) is -0.177. The monoisotopic (exact) mass is 1240 g/mol. The second kappa shape index (κ2) is 66.1. The second-order valence-corrected chi connectivity index (χ2v) is 26.3. The minimum absolute atomic E-state index is 0.0000865. The fourth-order valence-corrected chi connectivity index (χ4v) is 11.9. The minimum atomic E-state index is -1.57. The molecule has 7 unspecified atom stereocenters. The lowest BCUT2D eigenvalue weighted by Crippen LogP contribution is -2.60. The molecule has 0 radical (unpaired) electrons. The first-order valence-corrected chi connectivity index (χ1v) is 37.9. The third-order valence-electron chi connectivity index (χ3n) is 17.9. The maximum Gasteiger partial charge on any atom is 0.305 e. The van der Waals surface area contributed by atoms with Crippen molar-refractivity contribution in [3.8, 4) is 0 Å². The fourth-order valence-electron chi connectivity index (χ4n) is 11.9. The quantitative estimate of drug-likeness (QED) is 0.0195. The largest absolute Gasteiger partial charge is 0.466 e. The van der Waals surface area contributed by atoms with Gasteiger partial charge in [-0.2, -0.15) is 0 Å². The second-order valence-electron chi connectivity index (χ2n) is 26.3. The lowest BCUT2D eigenvalue weighted by atomic mass is 9.99. The van der Waals surface area contributed by atoms with Crippen LogP contribution in [0.4, 0.5) is 0 Å². The predicted molar refractivity (Wildman–Crippen MR) is 370 cm³/mol. The number of hydrogen-bond donors (Lipinski definition) is 6. The zero-order valence-electron chi connectivity index (χ0n) is 57.4. The topological polar surface area (TPSA) is 175 Å². The molecule has 11 heteroatoms. The number of allylic oxidation sites excluding steroid dienone is 7. The Labute approximate surface area is 542 Å².